The van der Waals surface area contributed by atoms with E-state index in [9.17, 15) is 17.6 Å². The Morgan fingerprint density at radius 3 is 2.75 bits per heavy atom. The highest BCUT2D eigenvalue weighted by atomic mass is 79.9. The van der Waals surface area contributed by atoms with Crippen LogP contribution in [-0.2, 0) is 14.8 Å². The number of rotatable bonds is 3. The molecule has 1 aromatic rings. The van der Waals surface area contributed by atoms with Gasteiger partial charge in [0.1, 0.15) is 11.9 Å². The normalized spacial score (nSPS) is 23.9. The quantitative estimate of drug-likeness (QED) is 0.864. The van der Waals surface area contributed by atoms with Crippen LogP contribution in [0.1, 0.15) is 6.92 Å². The Morgan fingerprint density at radius 2 is 2.20 bits per heavy atom. The molecule has 1 aliphatic rings. The molecule has 0 bridgehead atoms. The summed E-state index contributed by atoms with van der Waals surface area (Å²) in [6.07, 6.45) is 0. The van der Waals surface area contributed by atoms with Crippen LogP contribution in [0.25, 0.3) is 0 Å². The lowest BCUT2D eigenvalue weighted by molar-refractivity contribution is -0.140. The number of sulfonamides is 1. The number of aliphatic carboxylic acids is 1. The van der Waals surface area contributed by atoms with Gasteiger partial charge >= 0.3 is 5.97 Å². The van der Waals surface area contributed by atoms with Crippen LogP contribution in [0, 0.1) is 5.82 Å². The van der Waals surface area contributed by atoms with Gasteiger partial charge < -0.3 is 5.11 Å². The summed E-state index contributed by atoms with van der Waals surface area (Å²) >= 11 is 4.26. The minimum atomic E-state index is -4.01. The van der Waals surface area contributed by atoms with Gasteiger partial charge in [0, 0.05) is 10.2 Å². The molecule has 5 nitrogen and oxygen atoms in total. The van der Waals surface area contributed by atoms with Crippen molar-refractivity contribution in [2.75, 3.05) is 5.75 Å². The molecule has 1 heterocycles. The number of nitrogens with zero attached hydrogens (tertiary/aromatic N) is 1. The molecule has 0 aromatic heterocycles. The first-order chi connectivity index (χ1) is 9.25. The van der Waals surface area contributed by atoms with E-state index in [4.69, 9.17) is 5.11 Å². The number of carboxylic acid groups (broad SMARTS) is 1. The van der Waals surface area contributed by atoms with Crippen LogP contribution >= 0.6 is 27.7 Å². The molecule has 0 spiro atoms. The van der Waals surface area contributed by atoms with Crippen LogP contribution in [-0.4, -0.2) is 41.0 Å². The van der Waals surface area contributed by atoms with E-state index in [0.717, 1.165) is 22.5 Å². The number of carbonyl (C=O) groups is 1. The zero-order valence-corrected chi connectivity index (χ0v) is 13.5. The van der Waals surface area contributed by atoms with E-state index < -0.39 is 33.2 Å². The van der Waals surface area contributed by atoms with E-state index >= 15 is 0 Å². The fourth-order valence-corrected chi connectivity index (χ4v) is 6.27. The molecule has 1 saturated heterocycles. The minimum absolute atomic E-state index is 0.0748. The van der Waals surface area contributed by atoms with Gasteiger partial charge in [-0.25, -0.2) is 12.8 Å². The van der Waals surface area contributed by atoms with Gasteiger partial charge in [-0.2, -0.15) is 4.31 Å². The van der Waals surface area contributed by atoms with Crippen molar-refractivity contribution >= 4 is 43.7 Å². The van der Waals surface area contributed by atoms with Gasteiger partial charge in [0.2, 0.25) is 10.0 Å². The second-order valence-electron chi connectivity index (χ2n) is 4.20. The molecule has 2 atom stereocenters. The summed E-state index contributed by atoms with van der Waals surface area (Å²) in [6.45, 7) is 1.63. The Balaban J connectivity index is 2.51. The predicted octanol–water partition coefficient (Wildman–Crippen LogP) is 2.12. The number of halogens is 2. The van der Waals surface area contributed by atoms with E-state index in [2.05, 4.69) is 15.9 Å². The Kier molecular flexibility index (Phi) is 4.43. The molecule has 110 valence electrons. The van der Waals surface area contributed by atoms with Gasteiger partial charge in [-0.3, -0.25) is 4.79 Å². The lowest BCUT2D eigenvalue weighted by Gasteiger charge is -2.24. The Bertz CT molecular complexity index is 652. The van der Waals surface area contributed by atoms with Crippen molar-refractivity contribution in [3.63, 3.8) is 0 Å². The van der Waals surface area contributed by atoms with Gasteiger partial charge in [-0.1, -0.05) is 0 Å². The first kappa shape index (κ1) is 15.7. The summed E-state index contributed by atoms with van der Waals surface area (Å²) in [5, 5.41) is 8.65. The number of thioether (sulfide) groups is 1. The number of hydrogen-bond donors (Lipinski definition) is 1. The maximum Gasteiger partial charge on any atom is 0.322 e. The highest BCUT2D eigenvalue weighted by Gasteiger charge is 2.45. The topological polar surface area (TPSA) is 74.7 Å². The fourth-order valence-electron chi connectivity index (χ4n) is 1.97. The lowest BCUT2D eigenvalue weighted by atomic mass is 10.3. The Morgan fingerprint density at radius 1 is 1.55 bits per heavy atom. The lowest BCUT2D eigenvalue weighted by Crippen LogP contribution is -2.44. The molecule has 1 fully saturated rings. The smallest absolute Gasteiger partial charge is 0.322 e. The third-order valence-corrected chi connectivity index (χ3v) is 7.20. The van der Waals surface area contributed by atoms with Crippen molar-refractivity contribution < 1.29 is 22.7 Å². The maximum atomic E-state index is 13.1. The minimum Gasteiger partial charge on any atom is -0.480 e. The predicted molar refractivity (Wildman–Crippen MR) is 76.5 cm³/mol. The summed E-state index contributed by atoms with van der Waals surface area (Å²) in [6, 6.07) is 2.08. The van der Waals surface area contributed by atoms with Crippen molar-refractivity contribution in [1.82, 2.24) is 4.31 Å². The number of hydrogen-bond acceptors (Lipinski definition) is 4. The third-order valence-electron chi connectivity index (χ3n) is 2.90. The van der Waals surface area contributed by atoms with Gasteiger partial charge in [-0.15, -0.1) is 11.8 Å². The highest BCUT2D eigenvalue weighted by molar-refractivity contribution is 9.10. The van der Waals surface area contributed by atoms with Crippen LogP contribution in [0.15, 0.2) is 27.6 Å². The van der Waals surface area contributed by atoms with Crippen LogP contribution in [0.5, 0.6) is 0 Å². The highest BCUT2D eigenvalue weighted by Crippen LogP contribution is 2.36. The molecule has 2 unspecified atom stereocenters. The molecule has 0 aliphatic carbocycles. The van der Waals surface area contributed by atoms with Crippen molar-refractivity contribution in [3.8, 4) is 0 Å². The second kappa shape index (κ2) is 5.63. The Labute approximate surface area is 128 Å². The average Bonchev–Trinajstić information content (AvgIpc) is 2.71. The SMILES string of the molecule is CC1SCC(C(=O)O)N1S(=O)(=O)c1ccc(F)cc1Br. The van der Waals surface area contributed by atoms with Gasteiger partial charge in [-0.05, 0) is 41.1 Å². The molecule has 9 heteroatoms. The first-order valence-electron chi connectivity index (χ1n) is 5.58. The van der Waals surface area contributed by atoms with Crippen LogP contribution in [0.4, 0.5) is 4.39 Å². The summed E-state index contributed by atoms with van der Waals surface area (Å²) in [7, 11) is -4.01. The molecule has 2 rings (SSSR count). The van der Waals surface area contributed by atoms with Crippen LogP contribution < -0.4 is 0 Å². The average molecular weight is 384 g/mol. The van der Waals surface area contributed by atoms with Crippen molar-refractivity contribution in [2.24, 2.45) is 0 Å². The van der Waals surface area contributed by atoms with E-state index in [1.165, 1.54) is 11.8 Å². The number of benzene rings is 1. The first-order valence-corrected chi connectivity index (χ1v) is 8.86. The standard InChI is InChI=1S/C11H11BrFNO4S2/c1-6-14(9(5-19-6)11(15)16)20(17,18)10-3-2-7(13)4-8(10)12/h2-4,6,9H,5H2,1H3,(H,15,16). The number of carboxylic acids is 1. The molecule has 0 amide bonds. The van der Waals surface area contributed by atoms with Crippen molar-refractivity contribution in [1.29, 1.82) is 0 Å². The zero-order valence-electron chi connectivity index (χ0n) is 10.3. The molecule has 0 radical (unpaired) electrons. The fraction of sp³-hybridized carbons (Fsp3) is 0.364. The van der Waals surface area contributed by atoms with Gasteiger partial charge in [0.25, 0.3) is 0 Å². The maximum absolute atomic E-state index is 13.1. The van der Waals surface area contributed by atoms with E-state index in [1.54, 1.807) is 6.92 Å². The van der Waals surface area contributed by atoms with Gasteiger partial charge in [0.15, 0.2) is 0 Å². The van der Waals surface area contributed by atoms with Crippen molar-refractivity contribution in [2.45, 2.75) is 23.2 Å². The summed E-state index contributed by atoms with van der Waals surface area (Å²) in [5.41, 5.74) is 0. The van der Waals surface area contributed by atoms with Gasteiger partial charge in [0.05, 0.1) is 10.3 Å². The summed E-state index contributed by atoms with van der Waals surface area (Å²) in [5.74, 6) is -1.58. The third kappa shape index (κ3) is 2.72. The molecular weight excluding hydrogens is 373 g/mol. The second-order valence-corrected chi connectivity index (χ2v) is 8.21. The van der Waals surface area contributed by atoms with E-state index in [1.807, 2.05) is 0 Å². The zero-order chi connectivity index (χ0) is 15.1. The molecule has 1 N–H and O–H groups in total. The largest absolute Gasteiger partial charge is 0.480 e. The Hall–Kier alpha value is -0.640. The molecular formula is C11H11BrFNO4S2. The van der Waals surface area contributed by atoms with Crippen LogP contribution in [0.2, 0.25) is 0 Å². The molecule has 0 saturated carbocycles. The monoisotopic (exact) mass is 383 g/mol. The van der Waals surface area contributed by atoms with E-state index in [-0.39, 0.29) is 15.1 Å². The van der Waals surface area contributed by atoms with Crippen molar-refractivity contribution in [3.05, 3.63) is 28.5 Å². The molecule has 1 aliphatic heterocycles. The summed E-state index contributed by atoms with van der Waals surface area (Å²) < 4.78 is 39.3. The van der Waals surface area contributed by atoms with Crippen LogP contribution in [0.3, 0.4) is 0 Å². The molecule has 1 aromatic carbocycles. The summed E-state index contributed by atoms with van der Waals surface area (Å²) in [4.78, 5) is 11.0. The van der Waals surface area contributed by atoms with E-state index in [0.29, 0.717) is 0 Å². The molecule has 20 heavy (non-hydrogen) atoms.